The zero-order valence-corrected chi connectivity index (χ0v) is 12.7. The molecule has 0 radical (unpaired) electrons. The van der Waals surface area contributed by atoms with E-state index in [1.165, 1.54) is 0 Å². The van der Waals surface area contributed by atoms with Crippen LogP contribution in [0.3, 0.4) is 0 Å². The minimum absolute atomic E-state index is 0.227. The molecule has 0 aromatic carbocycles. The topological polar surface area (TPSA) is 92.2 Å². The van der Waals surface area contributed by atoms with Crippen molar-refractivity contribution in [1.29, 1.82) is 0 Å². The van der Waals surface area contributed by atoms with Crippen LogP contribution < -0.4 is 5.32 Å². The number of amides is 1. The smallest absolute Gasteiger partial charge is 0.346 e. The molecule has 0 saturated carbocycles. The number of hydrogen-bond donors (Lipinski definition) is 2. The Labute approximate surface area is 125 Å². The summed E-state index contributed by atoms with van der Waals surface area (Å²) in [7, 11) is 0. The van der Waals surface area contributed by atoms with Crippen LogP contribution in [0.2, 0.25) is 0 Å². The molecule has 2 aromatic heterocycles. The number of carbonyl (C=O) groups excluding carboxylic acids is 1. The molecule has 110 valence electrons. The second-order valence-electron chi connectivity index (χ2n) is 4.58. The number of aromatic nitrogens is 2. The lowest BCUT2D eigenvalue weighted by molar-refractivity contribution is 0.0701. The van der Waals surface area contributed by atoms with E-state index in [4.69, 9.17) is 5.11 Å². The number of rotatable bonds is 4. The van der Waals surface area contributed by atoms with Gasteiger partial charge in [-0.2, -0.15) is 10.2 Å². The first-order valence-corrected chi connectivity index (χ1v) is 7.22. The highest BCUT2D eigenvalue weighted by Gasteiger charge is 2.17. The zero-order valence-electron chi connectivity index (χ0n) is 11.9. The highest BCUT2D eigenvalue weighted by atomic mass is 32.1. The molecule has 0 aliphatic heterocycles. The van der Waals surface area contributed by atoms with Crippen molar-refractivity contribution in [2.45, 2.75) is 27.2 Å². The maximum atomic E-state index is 12.3. The Balaban J connectivity index is 2.28. The fourth-order valence-electron chi connectivity index (χ4n) is 1.91. The van der Waals surface area contributed by atoms with Gasteiger partial charge in [0.25, 0.3) is 5.91 Å². The van der Waals surface area contributed by atoms with Crippen molar-refractivity contribution in [3.8, 4) is 0 Å². The van der Waals surface area contributed by atoms with Crippen molar-refractivity contribution in [2.75, 3.05) is 5.32 Å². The van der Waals surface area contributed by atoms with Gasteiger partial charge in [-0.1, -0.05) is 6.92 Å². The third kappa shape index (κ3) is 3.25. The Bertz CT molecular complexity index is 709. The highest BCUT2D eigenvalue weighted by Crippen LogP contribution is 2.27. The standard InChI is InChI=1S/C14H15N3O3S/c1-4-10-9(6-8(3)16-17-10)13(18)15-11-5-7(2)12(21-11)14(19)20/h5-6H,4H2,1-3H3,(H,15,18)(H,19,20). The molecule has 2 rings (SSSR count). The Morgan fingerprint density at radius 2 is 2.00 bits per heavy atom. The molecule has 1 amide bonds. The van der Waals surface area contributed by atoms with Crippen LogP contribution in [0.4, 0.5) is 5.00 Å². The van der Waals surface area contributed by atoms with Gasteiger partial charge in [0.15, 0.2) is 0 Å². The number of aryl methyl sites for hydroxylation is 3. The molecule has 0 atom stereocenters. The molecule has 0 spiro atoms. The van der Waals surface area contributed by atoms with Gasteiger partial charge in [0.1, 0.15) is 4.88 Å². The first-order valence-electron chi connectivity index (χ1n) is 6.40. The second kappa shape index (κ2) is 6.01. The van der Waals surface area contributed by atoms with E-state index in [-0.39, 0.29) is 10.8 Å². The molecule has 2 aromatic rings. The van der Waals surface area contributed by atoms with Crippen molar-refractivity contribution in [3.63, 3.8) is 0 Å². The molecule has 6 nitrogen and oxygen atoms in total. The van der Waals surface area contributed by atoms with Crippen molar-refractivity contribution in [2.24, 2.45) is 0 Å². The summed E-state index contributed by atoms with van der Waals surface area (Å²) in [4.78, 5) is 23.6. The Kier molecular flexibility index (Phi) is 4.32. The van der Waals surface area contributed by atoms with Crippen LogP contribution in [0, 0.1) is 13.8 Å². The van der Waals surface area contributed by atoms with E-state index in [9.17, 15) is 9.59 Å². The van der Waals surface area contributed by atoms with Crippen LogP contribution in [0.25, 0.3) is 0 Å². The molecular formula is C14H15N3O3S. The van der Waals surface area contributed by atoms with Crippen LogP contribution in [0.1, 0.15) is 43.9 Å². The number of hydrogen-bond acceptors (Lipinski definition) is 5. The molecule has 21 heavy (non-hydrogen) atoms. The first kappa shape index (κ1) is 15.1. The maximum Gasteiger partial charge on any atom is 0.346 e. The quantitative estimate of drug-likeness (QED) is 0.906. The Morgan fingerprint density at radius 1 is 1.29 bits per heavy atom. The molecule has 0 unspecified atom stereocenters. The summed E-state index contributed by atoms with van der Waals surface area (Å²) in [6, 6.07) is 3.33. The number of carbonyl (C=O) groups is 2. The van der Waals surface area contributed by atoms with Gasteiger partial charge in [-0.15, -0.1) is 11.3 Å². The van der Waals surface area contributed by atoms with Crippen molar-refractivity contribution >= 4 is 28.2 Å². The largest absolute Gasteiger partial charge is 0.477 e. The van der Waals surface area contributed by atoms with Crippen LogP contribution in [-0.2, 0) is 6.42 Å². The van der Waals surface area contributed by atoms with E-state index in [1.807, 2.05) is 6.92 Å². The lowest BCUT2D eigenvalue weighted by atomic mass is 10.1. The summed E-state index contributed by atoms with van der Waals surface area (Å²) in [5.41, 5.74) is 2.37. The number of carboxylic acid groups (broad SMARTS) is 1. The average Bonchev–Trinajstić information content (AvgIpc) is 2.79. The van der Waals surface area contributed by atoms with Gasteiger partial charge in [0.2, 0.25) is 0 Å². The van der Waals surface area contributed by atoms with Crippen LogP contribution in [0.5, 0.6) is 0 Å². The number of nitrogens with zero attached hydrogens (tertiary/aromatic N) is 2. The number of anilines is 1. The molecule has 0 aliphatic carbocycles. The monoisotopic (exact) mass is 305 g/mol. The maximum absolute atomic E-state index is 12.3. The minimum atomic E-state index is -0.992. The molecule has 0 bridgehead atoms. The third-order valence-electron chi connectivity index (χ3n) is 2.92. The first-order chi connectivity index (χ1) is 9.92. The minimum Gasteiger partial charge on any atom is -0.477 e. The molecule has 7 heteroatoms. The SMILES string of the molecule is CCc1nnc(C)cc1C(=O)Nc1cc(C)c(C(=O)O)s1. The average molecular weight is 305 g/mol. The van der Waals surface area contributed by atoms with Crippen molar-refractivity contribution in [1.82, 2.24) is 10.2 Å². The van der Waals surface area contributed by atoms with Gasteiger partial charge < -0.3 is 10.4 Å². The third-order valence-corrected chi connectivity index (χ3v) is 4.06. The summed E-state index contributed by atoms with van der Waals surface area (Å²) in [5, 5.41) is 20.2. The van der Waals surface area contributed by atoms with Gasteiger partial charge in [-0.05, 0) is 38.0 Å². The van der Waals surface area contributed by atoms with E-state index >= 15 is 0 Å². The number of thiophene rings is 1. The van der Waals surface area contributed by atoms with Crippen molar-refractivity contribution in [3.05, 3.63) is 39.5 Å². The van der Waals surface area contributed by atoms with E-state index in [0.29, 0.717) is 33.9 Å². The molecular weight excluding hydrogens is 290 g/mol. The van der Waals surface area contributed by atoms with Gasteiger partial charge in [0, 0.05) is 0 Å². The molecule has 0 saturated heterocycles. The Hall–Kier alpha value is -2.28. The molecule has 0 fully saturated rings. The summed E-state index contributed by atoms with van der Waals surface area (Å²) in [6.07, 6.45) is 0.597. The molecule has 2 heterocycles. The van der Waals surface area contributed by atoms with Gasteiger partial charge in [0.05, 0.1) is 22.0 Å². The van der Waals surface area contributed by atoms with Gasteiger partial charge in [-0.25, -0.2) is 4.79 Å². The normalized spacial score (nSPS) is 10.4. The fourth-order valence-corrected chi connectivity index (χ4v) is 2.81. The highest BCUT2D eigenvalue weighted by molar-refractivity contribution is 7.18. The van der Waals surface area contributed by atoms with Crippen LogP contribution in [-0.4, -0.2) is 27.2 Å². The lowest BCUT2D eigenvalue weighted by Gasteiger charge is -2.06. The summed E-state index contributed by atoms with van der Waals surface area (Å²) in [6.45, 7) is 5.36. The predicted octanol–water partition coefficient (Wildman–Crippen LogP) is 2.67. The number of aromatic carboxylic acids is 1. The summed E-state index contributed by atoms with van der Waals surface area (Å²) in [5.74, 6) is -1.29. The molecule has 2 N–H and O–H groups in total. The summed E-state index contributed by atoms with van der Waals surface area (Å²) >= 11 is 1.04. The Morgan fingerprint density at radius 3 is 2.57 bits per heavy atom. The van der Waals surface area contributed by atoms with E-state index in [2.05, 4.69) is 15.5 Å². The van der Waals surface area contributed by atoms with E-state index < -0.39 is 5.97 Å². The van der Waals surface area contributed by atoms with E-state index in [0.717, 1.165) is 11.3 Å². The number of nitrogens with one attached hydrogen (secondary N) is 1. The molecule has 0 aliphatic rings. The van der Waals surface area contributed by atoms with Crippen LogP contribution in [0.15, 0.2) is 12.1 Å². The van der Waals surface area contributed by atoms with Gasteiger partial charge >= 0.3 is 5.97 Å². The lowest BCUT2D eigenvalue weighted by Crippen LogP contribution is -2.15. The summed E-state index contributed by atoms with van der Waals surface area (Å²) < 4.78 is 0. The van der Waals surface area contributed by atoms with Gasteiger partial charge in [-0.3, -0.25) is 4.79 Å². The van der Waals surface area contributed by atoms with E-state index in [1.54, 1.807) is 26.0 Å². The van der Waals surface area contributed by atoms with Crippen molar-refractivity contribution < 1.29 is 14.7 Å². The second-order valence-corrected chi connectivity index (χ2v) is 5.63. The van der Waals surface area contributed by atoms with Crippen LogP contribution >= 0.6 is 11.3 Å². The predicted molar refractivity (Wildman–Crippen MR) is 80.1 cm³/mol. The number of carboxylic acids is 1. The zero-order chi connectivity index (χ0) is 15.6. The fraction of sp³-hybridized carbons (Fsp3) is 0.286.